The predicted octanol–water partition coefficient (Wildman–Crippen LogP) is -2.59. The number of carboxylic acid groups (broad SMARTS) is 1. The van der Waals surface area contributed by atoms with E-state index in [9.17, 15) is 24.6 Å². The zero-order valence-corrected chi connectivity index (χ0v) is 23.5. The lowest BCUT2D eigenvalue weighted by molar-refractivity contribution is -0.682. The normalized spacial score (nSPS) is 28.5. The third-order valence-electron chi connectivity index (χ3n) is 6.85. The number of imidazole rings is 1. The number of aromatic nitrogens is 2. The lowest BCUT2D eigenvalue weighted by Crippen LogP contribution is -3.00. The number of primary amides is 1. The molecule has 0 spiro atoms. The molecule has 5 rings (SSSR count). The van der Waals surface area contributed by atoms with Gasteiger partial charge in [0.25, 0.3) is 5.91 Å². The van der Waals surface area contributed by atoms with E-state index in [1.54, 1.807) is 34.6 Å². The molecule has 0 unspecified atom stereocenters. The van der Waals surface area contributed by atoms with Gasteiger partial charge in [-0.1, -0.05) is 24.3 Å². The minimum absolute atomic E-state index is 0. The summed E-state index contributed by atoms with van der Waals surface area (Å²) in [6, 6.07) is -0.129. The molecule has 6 atom stereocenters. The molecule has 5 heterocycles. The predicted molar refractivity (Wildman–Crippen MR) is 131 cm³/mol. The van der Waals surface area contributed by atoms with E-state index in [-0.39, 0.29) is 71.3 Å². The number of fused-ring (bicyclic) bond motifs is 2. The van der Waals surface area contributed by atoms with E-state index in [2.05, 4.69) is 17.5 Å². The van der Waals surface area contributed by atoms with Gasteiger partial charge in [-0.15, -0.1) is 11.8 Å². The Morgan fingerprint density at radius 3 is 2.83 bits per heavy atom. The number of hydrogen-bond donors (Lipinski definition) is 4. The number of halogens is 1. The molecule has 2 amide bonds. The molecule has 194 valence electrons. The molecule has 5 N–H and O–H groups in total. The Balaban J connectivity index is 0.00000304. The Morgan fingerprint density at radius 2 is 2.19 bits per heavy atom. The fourth-order valence-corrected chi connectivity index (χ4v) is 7.74. The van der Waals surface area contributed by atoms with Crippen molar-refractivity contribution in [1.29, 1.82) is 0 Å². The van der Waals surface area contributed by atoms with Crippen LogP contribution in [0.5, 0.6) is 0 Å². The summed E-state index contributed by atoms with van der Waals surface area (Å²) in [6.07, 6.45) is 9.95. The number of aliphatic carboxylic acids is 1. The molecule has 36 heavy (non-hydrogen) atoms. The van der Waals surface area contributed by atoms with Crippen molar-refractivity contribution in [2.45, 2.75) is 50.3 Å². The summed E-state index contributed by atoms with van der Waals surface area (Å²) in [5, 5.41) is 23.5. The molecule has 2 fully saturated rings. The van der Waals surface area contributed by atoms with Crippen molar-refractivity contribution in [1.82, 2.24) is 14.6 Å². The number of nitrogens with two attached hydrogens (primary N) is 1. The highest BCUT2D eigenvalue weighted by atomic mass is 127. The van der Waals surface area contributed by atoms with Crippen molar-refractivity contribution in [3.8, 4) is 0 Å². The van der Waals surface area contributed by atoms with Gasteiger partial charge in [-0.3, -0.25) is 9.59 Å². The van der Waals surface area contributed by atoms with E-state index in [0.29, 0.717) is 0 Å². The van der Waals surface area contributed by atoms with Crippen LogP contribution in [0.2, 0.25) is 0 Å². The SMILES string of the molecule is C[C@@H](O)[C@H]1C(=O)N2C(C(=O)O)=C(S[C@@H]3CN[C@H](/C=C\c4cn5c[n+](CC(N)=O)cc5s4)C3)[C@H](C)[C@H]12.[I-]. The molecule has 2 aromatic heterocycles. The Hall–Kier alpha value is -1.94. The van der Waals surface area contributed by atoms with Gasteiger partial charge in [-0.05, 0) is 19.4 Å². The van der Waals surface area contributed by atoms with E-state index in [0.717, 1.165) is 27.6 Å². The topological polar surface area (TPSA) is 141 Å². The average Bonchev–Trinajstić information content (AvgIpc) is 3.49. The van der Waals surface area contributed by atoms with Gasteiger partial charge in [0.15, 0.2) is 6.54 Å². The largest absolute Gasteiger partial charge is 1.00 e. The Kier molecular flexibility index (Phi) is 7.86. The summed E-state index contributed by atoms with van der Waals surface area (Å²) < 4.78 is 3.71. The number of aliphatic hydroxyl groups is 1. The number of aliphatic hydroxyl groups excluding tert-OH is 1. The molecule has 2 aromatic rings. The number of hydrogen-bond acceptors (Lipinski definition) is 7. The van der Waals surface area contributed by atoms with Crippen LogP contribution in [0, 0.1) is 11.8 Å². The third kappa shape index (κ3) is 4.83. The van der Waals surface area contributed by atoms with Crippen molar-refractivity contribution in [3.05, 3.63) is 40.3 Å². The summed E-state index contributed by atoms with van der Waals surface area (Å²) in [4.78, 5) is 39.8. The average molecular weight is 646 g/mol. The van der Waals surface area contributed by atoms with Crippen molar-refractivity contribution in [3.63, 3.8) is 0 Å². The highest BCUT2D eigenvalue weighted by Crippen LogP contribution is 2.51. The maximum absolute atomic E-state index is 12.5. The number of nitrogens with one attached hydrogen (secondary N) is 1. The first-order valence-corrected chi connectivity index (χ1v) is 13.2. The minimum Gasteiger partial charge on any atom is -1.00 e. The van der Waals surface area contributed by atoms with Crippen molar-refractivity contribution < 1.29 is 53.1 Å². The second-order valence-corrected chi connectivity index (χ2v) is 11.8. The summed E-state index contributed by atoms with van der Waals surface area (Å²) in [5.74, 6) is -2.44. The summed E-state index contributed by atoms with van der Waals surface area (Å²) in [5.41, 5.74) is 5.33. The van der Waals surface area contributed by atoms with Crippen molar-refractivity contribution in [2.75, 3.05) is 6.54 Å². The van der Waals surface area contributed by atoms with Crippen molar-refractivity contribution in [2.24, 2.45) is 17.6 Å². The number of carbonyl (C=O) groups excluding carboxylic acids is 2. The van der Waals surface area contributed by atoms with E-state index in [1.165, 1.54) is 4.90 Å². The van der Waals surface area contributed by atoms with Crippen molar-refractivity contribution >= 4 is 51.8 Å². The zero-order valence-electron chi connectivity index (χ0n) is 19.7. The van der Waals surface area contributed by atoms with Gasteiger partial charge < -0.3 is 50.1 Å². The number of nitrogens with zero attached hydrogens (tertiary/aromatic N) is 3. The zero-order chi connectivity index (χ0) is 25.0. The molecule has 0 aromatic carbocycles. The maximum atomic E-state index is 12.5. The van der Waals surface area contributed by atoms with Gasteiger partial charge >= 0.3 is 5.97 Å². The number of thioether (sulfide) groups is 1. The van der Waals surface area contributed by atoms with Gasteiger partial charge in [-0.2, -0.15) is 4.40 Å². The Labute approximate surface area is 233 Å². The van der Waals surface area contributed by atoms with Gasteiger partial charge in [0.1, 0.15) is 18.1 Å². The minimum atomic E-state index is -1.09. The first-order valence-electron chi connectivity index (χ1n) is 11.5. The van der Waals surface area contributed by atoms with Crippen LogP contribution >= 0.6 is 23.1 Å². The third-order valence-corrected chi connectivity index (χ3v) is 9.37. The van der Waals surface area contributed by atoms with Gasteiger partial charge in [0.05, 0.1) is 22.9 Å². The Bertz CT molecular complexity index is 1240. The van der Waals surface area contributed by atoms with Crippen LogP contribution in [0.3, 0.4) is 0 Å². The van der Waals surface area contributed by atoms with Crippen LogP contribution in [-0.2, 0) is 20.9 Å². The van der Waals surface area contributed by atoms with Crippen LogP contribution < -0.4 is 39.6 Å². The van der Waals surface area contributed by atoms with E-state index < -0.39 is 18.0 Å². The molecule has 0 bridgehead atoms. The molecule has 3 aliphatic rings. The molecule has 10 nitrogen and oxygen atoms in total. The highest BCUT2D eigenvalue weighted by Gasteiger charge is 2.60. The van der Waals surface area contributed by atoms with Crippen LogP contribution in [0.4, 0.5) is 0 Å². The van der Waals surface area contributed by atoms with E-state index in [4.69, 9.17) is 5.73 Å². The van der Waals surface area contributed by atoms with Crippen LogP contribution in [-0.4, -0.2) is 67.3 Å². The highest BCUT2D eigenvalue weighted by molar-refractivity contribution is 8.03. The summed E-state index contributed by atoms with van der Waals surface area (Å²) in [7, 11) is 0. The smallest absolute Gasteiger partial charge is 0.353 e. The van der Waals surface area contributed by atoms with Gasteiger partial charge in [0.2, 0.25) is 17.1 Å². The van der Waals surface area contributed by atoms with Gasteiger partial charge in [0, 0.05) is 28.7 Å². The molecule has 0 aliphatic carbocycles. The Morgan fingerprint density at radius 1 is 1.44 bits per heavy atom. The fraction of sp³-hybridized carbons (Fsp3) is 0.478. The monoisotopic (exact) mass is 645 g/mol. The quantitative estimate of drug-likeness (QED) is 0.140. The standard InChI is InChI=1S/C23H27N5O5S2.HI/c1-11-19-18(12(2)29)22(31)28(19)20(23(32)33)21(11)35-15-5-13(25-6-15)3-4-14-7-27-10-26(8-16(24)30)9-17(27)34-14;/h3-4,7,9-13,15,18-19,25,29H,5-6,8H2,1-2H3,(H2-,24,30,32,33);1H/b4-3-;/t11-,12-,13-,15+,18-,19-;/m1./s1. The molecule has 0 radical (unpaired) electrons. The van der Waals surface area contributed by atoms with E-state index >= 15 is 0 Å². The van der Waals surface area contributed by atoms with E-state index in [1.807, 2.05) is 30.0 Å². The number of carboxylic acids is 1. The first-order chi connectivity index (χ1) is 16.6. The second-order valence-electron chi connectivity index (χ2n) is 9.38. The number of amides is 2. The maximum Gasteiger partial charge on any atom is 0.353 e. The summed E-state index contributed by atoms with van der Waals surface area (Å²) in [6.45, 7) is 4.42. The molecule has 13 heteroatoms. The lowest BCUT2D eigenvalue weighted by atomic mass is 9.79. The number of β-lactam (4-membered cyclic amide) rings is 1. The van der Waals surface area contributed by atoms with Crippen LogP contribution in [0.25, 0.3) is 10.9 Å². The molecular weight excluding hydrogens is 617 g/mol. The van der Waals surface area contributed by atoms with Gasteiger partial charge in [-0.25, -0.2) is 9.36 Å². The molecule has 3 aliphatic heterocycles. The van der Waals surface area contributed by atoms with Crippen LogP contribution in [0.15, 0.2) is 35.4 Å². The molecule has 2 saturated heterocycles. The number of thiazole rings is 1. The lowest BCUT2D eigenvalue weighted by Gasteiger charge is -2.46. The first kappa shape index (κ1) is 27.1. The molecule has 0 saturated carbocycles. The second kappa shape index (κ2) is 10.4. The van der Waals surface area contributed by atoms with Crippen LogP contribution in [0.1, 0.15) is 25.1 Å². The fourth-order valence-electron chi connectivity index (χ4n) is 5.30. The molecular formula is C23H28IN5O5S2. The number of rotatable bonds is 8. The number of carbonyl (C=O) groups is 3. The summed E-state index contributed by atoms with van der Waals surface area (Å²) >= 11 is 3.15.